The van der Waals surface area contributed by atoms with Crippen molar-refractivity contribution in [3.05, 3.63) is 30.6 Å². The number of aromatic nitrogens is 3. The molecular weight excluding hydrogens is 288 g/mol. The van der Waals surface area contributed by atoms with Crippen molar-refractivity contribution >= 4 is 29.3 Å². The first-order valence-corrected chi connectivity index (χ1v) is 6.41. The molecule has 3 N–H and O–H groups in total. The van der Waals surface area contributed by atoms with Crippen molar-refractivity contribution in [2.24, 2.45) is 0 Å². The van der Waals surface area contributed by atoms with Crippen molar-refractivity contribution in [1.82, 2.24) is 14.8 Å². The van der Waals surface area contributed by atoms with E-state index < -0.39 is 11.7 Å². The molecule has 106 valence electrons. The predicted molar refractivity (Wildman–Crippen MR) is 71.4 cm³/mol. The Morgan fingerprint density at radius 3 is 2.85 bits per heavy atom. The number of rotatable bonds is 5. The Bertz CT molecular complexity index is 604. The molecule has 0 aliphatic rings. The molecule has 9 heteroatoms. The first-order chi connectivity index (χ1) is 9.54. The Balaban J connectivity index is 2.04. The topological polar surface area (TPSA) is 85.8 Å². The van der Waals surface area contributed by atoms with Gasteiger partial charge in [0.05, 0.1) is 5.69 Å². The number of nitrogens with zero attached hydrogens (tertiary/aromatic N) is 3. The summed E-state index contributed by atoms with van der Waals surface area (Å²) in [6.07, 6.45) is 1.31. The van der Waals surface area contributed by atoms with Crippen molar-refractivity contribution in [2.75, 3.05) is 11.1 Å². The zero-order valence-electron chi connectivity index (χ0n) is 10.2. The third-order valence-electron chi connectivity index (χ3n) is 2.24. The van der Waals surface area contributed by atoms with Gasteiger partial charge in [0.15, 0.2) is 0 Å². The van der Waals surface area contributed by atoms with Gasteiger partial charge in [0.1, 0.15) is 12.9 Å². The molecule has 0 radical (unpaired) electrons. The summed E-state index contributed by atoms with van der Waals surface area (Å²) < 4.78 is 26.1. The highest BCUT2D eigenvalue weighted by molar-refractivity contribution is 7.99. The fourth-order valence-electron chi connectivity index (χ4n) is 1.49. The highest BCUT2D eigenvalue weighted by atomic mass is 32.2. The van der Waals surface area contributed by atoms with Crippen LogP contribution in [0.1, 0.15) is 0 Å². The van der Waals surface area contributed by atoms with Crippen molar-refractivity contribution in [1.29, 1.82) is 0 Å². The molecule has 2 aromatic rings. The van der Waals surface area contributed by atoms with Crippen LogP contribution in [0.25, 0.3) is 0 Å². The maximum atomic E-state index is 12.4. The molecule has 0 atom stereocenters. The second kappa shape index (κ2) is 6.33. The van der Waals surface area contributed by atoms with Crippen molar-refractivity contribution in [3.8, 4) is 0 Å². The average molecular weight is 299 g/mol. The summed E-state index contributed by atoms with van der Waals surface area (Å²) in [5, 5.41) is 6.31. The zero-order valence-corrected chi connectivity index (χ0v) is 11.0. The molecule has 0 saturated heterocycles. The van der Waals surface area contributed by atoms with Crippen LogP contribution in [-0.2, 0) is 11.3 Å². The number of alkyl halides is 2. The van der Waals surface area contributed by atoms with E-state index in [4.69, 9.17) is 5.73 Å². The van der Waals surface area contributed by atoms with Crippen LogP contribution in [0.4, 0.5) is 20.4 Å². The molecule has 1 aromatic heterocycles. The summed E-state index contributed by atoms with van der Waals surface area (Å²) in [7, 11) is 0. The van der Waals surface area contributed by atoms with Gasteiger partial charge >= 0.3 is 0 Å². The number of hydrogen-bond donors (Lipinski definition) is 2. The maximum Gasteiger partial charge on any atom is 0.288 e. The number of nitrogen functional groups attached to an aromatic ring is 1. The smallest absolute Gasteiger partial charge is 0.288 e. The summed E-state index contributed by atoms with van der Waals surface area (Å²) in [6, 6.07) is 6.34. The van der Waals surface area contributed by atoms with E-state index >= 15 is 0 Å². The quantitative estimate of drug-likeness (QED) is 0.822. The fraction of sp³-hybridized carbons (Fsp3) is 0.182. The molecule has 0 aliphatic carbocycles. The summed E-state index contributed by atoms with van der Waals surface area (Å²) >= 11 is 0.375. The number of thioether (sulfide) groups is 1. The molecule has 1 amide bonds. The van der Waals surface area contributed by atoms with E-state index in [2.05, 4.69) is 15.4 Å². The molecule has 1 aromatic carbocycles. The predicted octanol–water partition coefficient (Wildman–Crippen LogP) is 1.81. The lowest BCUT2D eigenvalue weighted by molar-refractivity contribution is -0.116. The van der Waals surface area contributed by atoms with E-state index in [0.717, 1.165) is 0 Å². The monoisotopic (exact) mass is 299 g/mol. The maximum absolute atomic E-state index is 12.4. The van der Waals surface area contributed by atoms with Crippen LogP contribution in [0, 0.1) is 0 Å². The Morgan fingerprint density at radius 2 is 2.20 bits per heavy atom. The lowest BCUT2D eigenvalue weighted by Crippen LogP contribution is -2.19. The minimum absolute atomic E-state index is 0.0615. The van der Waals surface area contributed by atoms with Gasteiger partial charge in [0, 0.05) is 4.90 Å². The fourth-order valence-corrected chi connectivity index (χ4v) is 2.09. The molecule has 1 heterocycles. The number of para-hydroxylation sites is 1. The van der Waals surface area contributed by atoms with Gasteiger partial charge in [-0.05, 0) is 12.1 Å². The number of benzene rings is 1. The molecule has 0 bridgehead atoms. The summed E-state index contributed by atoms with van der Waals surface area (Å²) in [6.45, 7) is -0.0993. The van der Waals surface area contributed by atoms with E-state index in [-0.39, 0.29) is 12.5 Å². The molecule has 20 heavy (non-hydrogen) atoms. The Hall–Kier alpha value is -2.16. The van der Waals surface area contributed by atoms with Gasteiger partial charge in [-0.2, -0.15) is 8.78 Å². The number of nitrogens with one attached hydrogen (secondary N) is 1. The van der Waals surface area contributed by atoms with Crippen LogP contribution in [0.2, 0.25) is 0 Å². The largest absolute Gasteiger partial charge is 0.367 e. The Morgan fingerprint density at radius 1 is 1.45 bits per heavy atom. The molecule has 0 fully saturated rings. The molecule has 0 aliphatic heterocycles. The summed E-state index contributed by atoms with van der Waals surface area (Å²) in [4.78, 5) is 15.8. The SMILES string of the molecule is Nc1ncn(CC(=O)Nc2ccccc2SC(F)F)n1. The summed E-state index contributed by atoms with van der Waals surface area (Å²) in [5.74, 6) is -2.90. The molecule has 0 saturated carbocycles. The minimum atomic E-state index is -2.55. The number of anilines is 2. The molecule has 2 rings (SSSR count). The van der Waals surface area contributed by atoms with Crippen LogP contribution in [-0.4, -0.2) is 26.4 Å². The zero-order chi connectivity index (χ0) is 14.5. The number of halogens is 2. The average Bonchev–Trinajstić information content (AvgIpc) is 2.76. The van der Waals surface area contributed by atoms with Crippen LogP contribution >= 0.6 is 11.8 Å². The van der Waals surface area contributed by atoms with Gasteiger partial charge in [-0.25, -0.2) is 9.67 Å². The molecule has 0 spiro atoms. The number of hydrogen-bond acceptors (Lipinski definition) is 5. The second-order valence-electron chi connectivity index (χ2n) is 3.72. The first kappa shape index (κ1) is 14.3. The van der Waals surface area contributed by atoms with E-state index in [1.165, 1.54) is 17.1 Å². The lowest BCUT2D eigenvalue weighted by atomic mass is 10.3. The highest BCUT2D eigenvalue weighted by Gasteiger charge is 2.12. The molecular formula is C11H11F2N5OS. The third kappa shape index (κ3) is 3.92. The standard InChI is InChI=1S/C11H11F2N5OS/c12-10(13)20-8-4-2-1-3-7(8)16-9(19)5-18-6-15-11(14)17-18/h1-4,6,10H,5H2,(H2,14,17)(H,16,19). The van der Waals surface area contributed by atoms with Gasteiger partial charge < -0.3 is 11.1 Å². The summed E-state index contributed by atoms with van der Waals surface area (Å²) in [5.41, 5.74) is 5.65. The van der Waals surface area contributed by atoms with E-state index in [1.807, 2.05) is 0 Å². The van der Waals surface area contributed by atoms with Crippen LogP contribution in [0.15, 0.2) is 35.5 Å². The normalized spacial score (nSPS) is 10.8. The molecule has 6 nitrogen and oxygen atoms in total. The number of carbonyl (C=O) groups excluding carboxylic acids is 1. The van der Waals surface area contributed by atoms with Gasteiger partial charge in [-0.15, -0.1) is 5.10 Å². The van der Waals surface area contributed by atoms with E-state index in [0.29, 0.717) is 22.3 Å². The first-order valence-electron chi connectivity index (χ1n) is 5.53. The highest BCUT2D eigenvalue weighted by Crippen LogP contribution is 2.31. The van der Waals surface area contributed by atoms with Crippen molar-refractivity contribution in [3.63, 3.8) is 0 Å². The number of amides is 1. The van der Waals surface area contributed by atoms with Crippen LogP contribution in [0.3, 0.4) is 0 Å². The second-order valence-corrected chi connectivity index (χ2v) is 4.76. The van der Waals surface area contributed by atoms with Crippen molar-refractivity contribution in [2.45, 2.75) is 17.2 Å². The van der Waals surface area contributed by atoms with Gasteiger partial charge in [-0.1, -0.05) is 23.9 Å². The minimum Gasteiger partial charge on any atom is -0.367 e. The van der Waals surface area contributed by atoms with Crippen molar-refractivity contribution < 1.29 is 13.6 Å². The van der Waals surface area contributed by atoms with Crippen LogP contribution < -0.4 is 11.1 Å². The lowest BCUT2D eigenvalue weighted by Gasteiger charge is -2.10. The van der Waals surface area contributed by atoms with Gasteiger partial charge in [-0.3, -0.25) is 4.79 Å². The molecule has 0 unspecified atom stereocenters. The van der Waals surface area contributed by atoms with Gasteiger partial charge in [0.2, 0.25) is 11.9 Å². The Labute approximate surface area is 117 Å². The third-order valence-corrected chi connectivity index (χ3v) is 3.03. The van der Waals surface area contributed by atoms with E-state index in [1.54, 1.807) is 18.2 Å². The Kier molecular flexibility index (Phi) is 4.51. The van der Waals surface area contributed by atoms with E-state index in [9.17, 15) is 13.6 Å². The number of nitrogens with two attached hydrogens (primary N) is 1. The number of carbonyl (C=O) groups is 1. The van der Waals surface area contributed by atoms with Crippen LogP contribution in [0.5, 0.6) is 0 Å². The van der Waals surface area contributed by atoms with Gasteiger partial charge in [0.25, 0.3) is 5.76 Å².